The Labute approximate surface area is 99.6 Å². The average Bonchev–Trinajstić information content (AvgIpc) is 2.87. The molecule has 1 aliphatic carbocycles. The quantitative estimate of drug-likeness (QED) is 0.909. The molecular formula is C12H17BrN2. The minimum atomic E-state index is 0.107. The number of likely N-dealkylation sites (N-methyl/N-ethyl adjacent to an activating group) is 1. The van der Waals surface area contributed by atoms with Gasteiger partial charge in [-0.05, 0) is 31.5 Å². The first-order valence-corrected chi connectivity index (χ1v) is 6.09. The van der Waals surface area contributed by atoms with Crippen molar-refractivity contribution in [3.8, 4) is 0 Å². The van der Waals surface area contributed by atoms with Gasteiger partial charge in [0, 0.05) is 23.1 Å². The van der Waals surface area contributed by atoms with E-state index in [0.717, 1.165) is 13.1 Å². The van der Waals surface area contributed by atoms with Crippen LogP contribution < -0.4 is 5.73 Å². The van der Waals surface area contributed by atoms with E-state index in [2.05, 4.69) is 46.1 Å². The molecule has 82 valence electrons. The second-order valence-corrected chi connectivity index (χ2v) is 5.48. The zero-order chi connectivity index (χ0) is 10.9. The molecule has 1 fully saturated rings. The summed E-state index contributed by atoms with van der Waals surface area (Å²) in [4.78, 5) is 2.30. The van der Waals surface area contributed by atoms with Crippen molar-refractivity contribution in [2.24, 2.45) is 5.73 Å². The van der Waals surface area contributed by atoms with Crippen LogP contribution in [0.2, 0.25) is 0 Å². The molecule has 15 heavy (non-hydrogen) atoms. The largest absolute Gasteiger partial charge is 0.324 e. The van der Waals surface area contributed by atoms with Gasteiger partial charge >= 0.3 is 0 Å². The molecule has 2 nitrogen and oxygen atoms in total. The number of hydrogen-bond acceptors (Lipinski definition) is 2. The topological polar surface area (TPSA) is 29.3 Å². The van der Waals surface area contributed by atoms with Crippen molar-refractivity contribution in [2.75, 3.05) is 13.6 Å². The number of nitrogens with zero attached hydrogens (tertiary/aromatic N) is 1. The molecule has 0 aliphatic heterocycles. The molecule has 1 aliphatic rings. The number of nitrogens with two attached hydrogens (primary N) is 1. The molecule has 0 heterocycles. The third kappa shape index (κ3) is 3.03. The standard InChI is InChI=1S/C12H17BrN2/c1-15(9-12(14)6-7-12)8-10-4-2-3-5-11(10)13/h2-5H,6-9,14H2,1H3. The lowest BCUT2D eigenvalue weighted by molar-refractivity contribution is 0.295. The van der Waals surface area contributed by atoms with E-state index in [9.17, 15) is 0 Å². The molecule has 3 heteroatoms. The lowest BCUT2D eigenvalue weighted by Crippen LogP contribution is -2.36. The predicted octanol–water partition coefficient (Wildman–Crippen LogP) is 2.37. The molecule has 0 spiro atoms. The normalized spacial score (nSPS) is 18.1. The first-order chi connectivity index (χ1) is 7.09. The van der Waals surface area contributed by atoms with E-state index in [1.54, 1.807) is 0 Å². The highest BCUT2D eigenvalue weighted by atomic mass is 79.9. The van der Waals surface area contributed by atoms with Gasteiger partial charge in [-0.25, -0.2) is 0 Å². The Balaban J connectivity index is 1.93. The molecule has 2 N–H and O–H groups in total. The molecule has 0 saturated heterocycles. The Kier molecular flexibility index (Phi) is 3.14. The number of hydrogen-bond donors (Lipinski definition) is 1. The highest BCUT2D eigenvalue weighted by Crippen LogP contribution is 2.33. The van der Waals surface area contributed by atoms with Gasteiger partial charge in [0.1, 0.15) is 0 Å². The summed E-state index contributed by atoms with van der Waals surface area (Å²) < 4.78 is 1.18. The zero-order valence-corrected chi connectivity index (χ0v) is 10.6. The molecule has 1 aromatic rings. The van der Waals surface area contributed by atoms with Gasteiger partial charge < -0.3 is 10.6 Å². The minimum absolute atomic E-state index is 0.107. The van der Waals surface area contributed by atoms with Gasteiger partial charge in [-0.2, -0.15) is 0 Å². The molecule has 0 bridgehead atoms. The lowest BCUT2D eigenvalue weighted by atomic mass is 10.2. The van der Waals surface area contributed by atoms with Crippen LogP contribution in [0.25, 0.3) is 0 Å². The van der Waals surface area contributed by atoms with Gasteiger partial charge in [0.15, 0.2) is 0 Å². The first kappa shape index (κ1) is 11.1. The third-order valence-corrected chi connectivity index (χ3v) is 3.65. The van der Waals surface area contributed by atoms with Crippen LogP contribution in [0.4, 0.5) is 0 Å². The lowest BCUT2D eigenvalue weighted by Gasteiger charge is -2.21. The van der Waals surface area contributed by atoms with Crippen molar-refractivity contribution in [3.05, 3.63) is 34.3 Å². The van der Waals surface area contributed by atoms with E-state index in [-0.39, 0.29) is 5.54 Å². The van der Waals surface area contributed by atoms with Crippen LogP contribution >= 0.6 is 15.9 Å². The molecule has 1 saturated carbocycles. The van der Waals surface area contributed by atoms with Gasteiger partial charge in [0.2, 0.25) is 0 Å². The van der Waals surface area contributed by atoms with Gasteiger partial charge in [-0.3, -0.25) is 0 Å². The summed E-state index contributed by atoms with van der Waals surface area (Å²) in [5.41, 5.74) is 7.52. The molecular weight excluding hydrogens is 252 g/mol. The van der Waals surface area contributed by atoms with Crippen LogP contribution in [-0.2, 0) is 6.54 Å². The Morgan fingerprint density at radius 2 is 2.07 bits per heavy atom. The monoisotopic (exact) mass is 268 g/mol. The second kappa shape index (κ2) is 4.24. The highest BCUT2D eigenvalue weighted by Gasteiger charge is 2.38. The van der Waals surface area contributed by atoms with Gasteiger partial charge in [0.25, 0.3) is 0 Å². The van der Waals surface area contributed by atoms with E-state index in [4.69, 9.17) is 5.73 Å². The molecule has 0 radical (unpaired) electrons. The van der Waals surface area contributed by atoms with Crippen LogP contribution in [-0.4, -0.2) is 24.0 Å². The molecule has 2 rings (SSSR count). The molecule has 0 amide bonds. The fraction of sp³-hybridized carbons (Fsp3) is 0.500. The van der Waals surface area contributed by atoms with Crippen molar-refractivity contribution in [1.29, 1.82) is 0 Å². The van der Waals surface area contributed by atoms with Gasteiger partial charge in [-0.1, -0.05) is 34.1 Å². The van der Waals surface area contributed by atoms with E-state index < -0.39 is 0 Å². The van der Waals surface area contributed by atoms with E-state index in [1.807, 2.05) is 6.07 Å². The van der Waals surface area contributed by atoms with Crippen LogP contribution in [0.1, 0.15) is 18.4 Å². The Hall–Kier alpha value is -0.380. The fourth-order valence-corrected chi connectivity index (χ4v) is 2.24. The molecule has 1 aromatic carbocycles. The number of rotatable bonds is 4. The van der Waals surface area contributed by atoms with Crippen molar-refractivity contribution >= 4 is 15.9 Å². The van der Waals surface area contributed by atoms with E-state index in [1.165, 1.54) is 22.9 Å². The minimum Gasteiger partial charge on any atom is -0.324 e. The van der Waals surface area contributed by atoms with Crippen LogP contribution in [0.15, 0.2) is 28.7 Å². The number of halogens is 1. The van der Waals surface area contributed by atoms with Crippen molar-refractivity contribution < 1.29 is 0 Å². The molecule has 0 unspecified atom stereocenters. The van der Waals surface area contributed by atoms with Gasteiger partial charge in [0.05, 0.1) is 0 Å². The maximum Gasteiger partial charge on any atom is 0.0284 e. The molecule has 0 aromatic heterocycles. The maximum atomic E-state index is 6.09. The summed E-state index contributed by atoms with van der Waals surface area (Å²) in [5.74, 6) is 0. The fourth-order valence-electron chi connectivity index (χ4n) is 1.83. The first-order valence-electron chi connectivity index (χ1n) is 5.30. The van der Waals surface area contributed by atoms with Crippen molar-refractivity contribution in [3.63, 3.8) is 0 Å². The number of benzene rings is 1. The van der Waals surface area contributed by atoms with Crippen LogP contribution in [0.3, 0.4) is 0 Å². The SMILES string of the molecule is CN(Cc1ccccc1Br)CC1(N)CC1. The van der Waals surface area contributed by atoms with Crippen LogP contribution in [0.5, 0.6) is 0 Å². The summed E-state index contributed by atoms with van der Waals surface area (Å²) in [6, 6.07) is 8.34. The Morgan fingerprint density at radius 3 is 2.67 bits per heavy atom. The Morgan fingerprint density at radius 1 is 1.40 bits per heavy atom. The average molecular weight is 269 g/mol. The van der Waals surface area contributed by atoms with Crippen molar-refractivity contribution in [1.82, 2.24) is 4.90 Å². The van der Waals surface area contributed by atoms with Crippen molar-refractivity contribution in [2.45, 2.75) is 24.9 Å². The summed E-state index contributed by atoms with van der Waals surface area (Å²) >= 11 is 3.56. The summed E-state index contributed by atoms with van der Waals surface area (Å²) in [5, 5.41) is 0. The van der Waals surface area contributed by atoms with Gasteiger partial charge in [-0.15, -0.1) is 0 Å². The Bertz CT molecular complexity index is 347. The van der Waals surface area contributed by atoms with E-state index in [0.29, 0.717) is 0 Å². The third-order valence-electron chi connectivity index (χ3n) is 2.88. The summed E-state index contributed by atoms with van der Waals surface area (Å²) in [7, 11) is 2.13. The van der Waals surface area contributed by atoms with Crippen LogP contribution in [0, 0.1) is 0 Å². The smallest absolute Gasteiger partial charge is 0.0284 e. The predicted molar refractivity (Wildman–Crippen MR) is 66.6 cm³/mol. The zero-order valence-electron chi connectivity index (χ0n) is 9.04. The summed E-state index contributed by atoms with van der Waals surface area (Å²) in [6.07, 6.45) is 2.35. The maximum absolute atomic E-state index is 6.09. The van der Waals surface area contributed by atoms with E-state index >= 15 is 0 Å². The molecule has 0 atom stereocenters. The highest BCUT2D eigenvalue weighted by molar-refractivity contribution is 9.10. The summed E-state index contributed by atoms with van der Waals surface area (Å²) in [6.45, 7) is 1.95. The second-order valence-electron chi connectivity index (χ2n) is 4.63.